The Kier molecular flexibility index (Phi) is 20.5. The number of esters is 1. The minimum absolute atomic E-state index is 0.238. The standard InChI is InChI=1S/C23H45NO3S/c1-3-4-5-6-7-8-9-10-11-12-13-14-15-16-17-18-19-27-23(26)22(20-28)24-21(2)25/h22,28H,3-20H2,1-2H3,(H,24,25). The molecule has 0 aromatic carbocycles. The molecule has 1 atom stereocenters. The molecule has 0 saturated carbocycles. The molecule has 0 radical (unpaired) electrons. The average Bonchev–Trinajstić information content (AvgIpc) is 2.68. The van der Waals surface area contributed by atoms with Crippen LogP contribution < -0.4 is 5.32 Å². The lowest BCUT2D eigenvalue weighted by molar-refractivity contribution is -0.147. The summed E-state index contributed by atoms with van der Waals surface area (Å²) in [6, 6.07) is -0.637. The Morgan fingerprint density at radius 3 is 1.50 bits per heavy atom. The maximum atomic E-state index is 11.8. The van der Waals surface area contributed by atoms with Crippen LogP contribution >= 0.6 is 12.6 Å². The van der Waals surface area contributed by atoms with Crippen molar-refractivity contribution >= 4 is 24.5 Å². The lowest BCUT2D eigenvalue weighted by Gasteiger charge is -2.14. The highest BCUT2D eigenvalue weighted by Gasteiger charge is 2.18. The number of carbonyl (C=O) groups excluding carboxylic acids is 2. The fraction of sp³-hybridized carbons (Fsp3) is 0.913. The summed E-state index contributed by atoms with van der Waals surface area (Å²) >= 11 is 4.07. The van der Waals surface area contributed by atoms with Gasteiger partial charge in [0, 0.05) is 12.7 Å². The lowest BCUT2D eigenvalue weighted by Crippen LogP contribution is -2.42. The highest BCUT2D eigenvalue weighted by atomic mass is 32.1. The van der Waals surface area contributed by atoms with E-state index in [9.17, 15) is 9.59 Å². The van der Waals surface area contributed by atoms with Gasteiger partial charge in [0.15, 0.2) is 0 Å². The molecule has 0 aliphatic rings. The predicted molar refractivity (Wildman–Crippen MR) is 122 cm³/mol. The van der Waals surface area contributed by atoms with Crippen molar-refractivity contribution in [1.82, 2.24) is 5.32 Å². The quantitative estimate of drug-likeness (QED) is 0.141. The van der Waals surface area contributed by atoms with Crippen LogP contribution in [-0.2, 0) is 14.3 Å². The number of rotatable bonds is 20. The zero-order chi connectivity index (χ0) is 20.9. The largest absolute Gasteiger partial charge is 0.464 e. The number of thiol groups is 1. The molecule has 166 valence electrons. The third kappa shape index (κ3) is 18.6. The lowest BCUT2D eigenvalue weighted by atomic mass is 10.0. The molecule has 1 amide bonds. The molecule has 0 bridgehead atoms. The van der Waals surface area contributed by atoms with Crippen LogP contribution in [0.5, 0.6) is 0 Å². The van der Waals surface area contributed by atoms with E-state index in [1.807, 2.05) is 0 Å². The van der Waals surface area contributed by atoms with Crippen molar-refractivity contribution in [3.05, 3.63) is 0 Å². The van der Waals surface area contributed by atoms with Crippen LogP contribution in [0, 0.1) is 0 Å². The molecule has 1 unspecified atom stereocenters. The Labute approximate surface area is 179 Å². The van der Waals surface area contributed by atoms with Gasteiger partial charge in [0.05, 0.1) is 6.61 Å². The van der Waals surface area contributed by atoms with Crippen molar-refractivity contribution in [1.29, 1.82) is 0 Å². The number of hydrogen-bond donors (Lipinski definition) is 2. The van der Waals surface area contributed by atoms with Crippen molar-refractivity contribution in [3.8, 4) is 0 Å². The minimum atomic E-state index is -0.637. The predicted octanol–water partition coefficient (Wildman–Crippen LogP) is 6.23. The van der Waals surface area contributed by atoms with Crippen molar-refractivity contribution in [3.63, 3.8) is 0 Å². The zero-order valence-electron chi connectivity index (χ0n) is 18.5. The van der Waals surface area contributed by atoms with E-state index in [4.69, 9.17) is 4.74 Å². The molecule has 5 heteroatoms. The van der Waals surface area contributed by atoms with Gasteiger partial charge in [-0.2, -0.15) is 12.6 Å². The highest BCUT2D eigenvalue weighted by molar-refractivity contribution is 7.80. The number of nitrogens with one attached hydrogen (secondary N) is 1. The van der Waals surface area contributed by atoms with E-state index in [-0.39, 0.29) is 17.6 Å². The molecular formula is C23H45NO3S. The van der Waals surface area contributed by atoms with Gasteiger partial charge in [-0.1, -0.05) is 103 Å². The monoisotopic (exact) mass is 415 g/mol. The summed E-state index contributed by atoms with van der Waals surface area (Å²) in [6.45, 7) is 4.09. The molecule has 28 heavy (non-hydrogen) atoms. The Bertz CT molecular complexity index is 377. The second-order valence-electron chi connectivity index (χ2n) is 7.91. The fourth-order valence-corrected chi connectivity index (χ4v) is 3.59. The molecule has 0 aliphatic heterocycles. The van der Waals surface area contributed by atoms with Gasteiger partial charge in [-0.15, -0.1) is 0 Å². The molecule has 1 N–H and O–H groups in total. The topological polar surface area (TPSA) is 55.4 Å². The molecule has 0 saturated heterocycles. The Hall–Kier alpha value is -0.710. The van der Waals surface area contributed by atoms with E-state index in [0.717, 1.165) is 12.8 Å². The first-order valence-electron chi connectivity index (χ1n) is 11.7. The first-order chi connectivity index (χ1) is 13.6. The summed E-state index contributed by atoms with van der Waals surface area (Å²) in [5, 5.41) is 2.55. The second-order valence-corrected chi connectivity index (χ2v) is 8.27. The first kappa shape index (κ1) is 27.3. The molecule has 0 fully saturated rings. The van der Waals surface area contributed by atoms with E-state index >= 15 is 0 Å². The van der Waals surface area contributed by atoms with Gasteiger partial charge in [-0.05, 0) is 6.42 Å². The number of carbonyl (C=O) groups is 2. The number of amides is 1. The van der Waals surface area contributed by atoms with E-state index < -0.39 is 6.04 Å². The van der Waals surface area contributed by atoms with Gasteiger partial charge < -0.3 is 10.1 Å². The van der Waals surface area contributed by atoms with Crippen LogP contribution in [0.1, 0.15) is 117 Å². The number of unbranched alkanes of at least 4 members (excludes halogenated alkanes) is 15. The van der Waals surface area contributed by atoms with Crippen molar-refractivity contribution in [2.45, 2.75) is 123 Å². The molecule has 0 spiro atoms. The van der Waals surface area contributed by atoms with E-state index in [1.54, 1.807) is 0 Å². The Morgan fingerprint density at radius 1 is 0.750 bits per heavy atom. The van der Waals surface area contributed by atoms with Gasteiger partial charge >= 0.3 is 5.97 Å². The summed E-state index contributed by atoms with van der Waals surface area (Å²) in [5.74, 6) is -0.359. The molecular weight excluding hydrogens is 370 g/mol. The summed E-state index contributed by atoms with van der Waals surface area (Å²) < 4.78 is 5.21. The number of hydrogen-bond acceptors (Lipinski definition) is 4. The van der Waals surface area contributed by atoms with Crippen LogP contribution in [0.4, 0.5) is 0 Å². The van der Waals surface area contributed by atoms with Gasteiger partial charge in [0.2, 0.25) is 5.91 Å². The third-order valence-electron chi connectivity index (χ3n) is 5.09. The van der Waals surface area contributed by atoms with Gasteiger partial charge in [-0.3, -0.25) is 4.79 Å². The van der Waals surface area contributed by atoms with Crippen LogP contribution in [-0.4, -0.2) is 30.3 Å². The van der Waals surface area contributed by atoms with Crippen LogP contribution in [0.2, 0.25) is 0 Å². The van der Waals surface area contributed by atoms with Gasteiger partial charge in [-0.25, -0.2) is 4.79 Å². The summed E-state index contributed by atoms with van der Waals surface area (Å²) in [7, 11) is 0. The normalized spacial score (nSPS) is 12.0. The first-order valence-corrected chi connectivity index (χ1v) is 12.3. The smallest absolute Gasteiger partial charge is 0.329 e. The molecule has 0 aromatic heterocycles. The van der Waals surface area contributed by atoms with Crippen LogP contribution in [0.3, 0.4) is 0 Å². The fourth-order valence-electron chi connectivity index (χ4n) is 3.35. The van der Waals surface area contributed by atoms with Gasteiger partial charge in [0.25, 0.3) is 0 Å². The molecule has 0 heterocycles. The minimum Gasteiger partial charge on any atom is -0.464 e. The third-order valence-corrected chi connectivity index (χ3v) is 5.45. The number of ether oxygens (including phenoxy) is 1. The Balaban J connectivity index is 3.27. The second kappa shape index (κ2) is 21.0. The van der Waals surface area contributed by atoms with E-state index in [1.165, 1.54) is 96.8 Å². The van der Waals surface area contributed by atoms with Crippen molar-refractivity contribution < 1.29 is 14.3 Å². The summed E-state index contributed by atoms with van der Waals surface area (Å²) in [5.41, 5.74) is 0. The zero-order valence-corrected chi connectivity index (χ0v) is 19.4. The van der Waals surface area contributed by atoms with Gasteiger partial charge in [0.1, 0.15) is 6.04 Å². The van der Waals surface area contributed by atoms with Crippen molar-refractivity contribution in [2.24, 2.45) is 0 Å². The molecule has 0 aliphatic carbocycles. The maximum absolute atomic E-state index is 11.8. The van der Waals surface area contributed by atoms with Crippen LogP contribution in [0.25, 0.3) is 0 Å². The SMILES string of the molecule is CCCCCCCCCCCCCCCCCCOC(=O)C(CS)NC(C)=O. The van der Waals surface area contributed by atoms with Crippen LogP contribution in [0.15, 0.2) is 0 Å². The Morgan fingerprint density at radius 2 is 1.14 bits per heavy atom. The molecule has 4 nitrogen and oxygen atoms in total. The molecule has 0 rings (SSSR count). The highest BCUT2D eigenvalue weighted by Crippen LogP contribution is 2.13. The summed E-state index contributed by atoms with van der Waals surface area (Å²) in [4.78, 5) is 22.8. The average molecular weight is 416 g/mol. The van der Waals surface area contributed by atoms with Crippen molar-refractivity contribution in [2.75, 3.05) is 12.4 Å². The summed E-state index contributed by atoms with van der Waals surface area (Å²) in [6.07, 6.45) is 21.2. The molecule has 0 aromatic rings. The van der Waals surface area contributed by atoms with E-state index in [0.29, 0.717) is 6.61 Å². The van der Waals surface area contributed by atoms with E-state index in [2.05, 4.69) is 24.9 Å². The maximum Gasteiger partial charge on any atom is 0.329 e.